The van der Waals surface area contributed by atoms with E-state index >= 15 is 0 Å². The highest BCUT2D eigenvalue weighted by Crippen LogP contribution is 2.26. The largest absolute Gasteiger partial charge is 0.497 e. The predicted molar refractivity (Wildman–Crippen MR) is 128 cm³/mol. The number of rotatable bonds is 6. The molecule has 3 aromatic rings. The van der Waals surface area contributed by atoms with E-state index in [-0.39, 0.29) is 23.9 Å². The van der Waals surface area contributed by atoms with Crippen molar-refractivity contribution in [3.05, 3.63) is 72.3 Å². The van der Waals surface area contributed by atoms with E-state index in [1.54, 1.807) is 49.5 Å². The van der Waals surface area contributed by atoms with Crippen LogP contribution in [0.2, 0.25) is 0 Å². The number of carbonyl (C=O) groups excluding carboxylic acids is 1. The minimum atomic E-state index is -3.62. The molecule has 0 aliphatic carbocycles. The highest BCUT2D eigenvalue weighted by atomic mass is 32.2. The standard InChI is InChI=1S/C25H26N2O5S/c1-31-22-10-7-20(24(18-22)32-2)9-12-25(28)26-13-15-27(16-14-26)33(29,30)23-11-8-19-5-3-4-6-21(19)17-23/h3-12,17-18H,13-16H2,1-2H3. The van der Waals surface area contributed by atoms with Crippen molar-refractivity contribution in [3.8, 4) is 11.5 Å². The molecule has 0 radical (unpaired) electrons. The summed E-state index contributed by atoms with van der Waals surface area (Å²) in [4.78, 5) is 14.6. The van der Waals surface area contributed by atoms with Crippen LogP contribution in [0.15, 0.2) is 71.6 Å². The second-order valence-corrected chi connectivity index (χ2v) is 9.62. The average molecular weight is 467 g/mol. The Morgan fingerprint density at radius 2 is 1.61 bits per heavy atom. The molecular formula is C25H26N2O5S. The first kappa shape index (κ1) is 22.8. The number of benzene rings is 3. The van der Waals surface area contributed by atoms with Crippen LogP contribution >= 0.6 is 0 Å². The van der Waals surface area contributed by atoms with Crippen molar-refractivity contribution < 1.29 is 22.7 Å². The molecule has 172 valence electrons. The molecule has 1 saturated heterocycles. The van der Waals surface area contributed by atoms with Gasteiger partial charge in [0.2, 0.25) is 15.9 Å². The molecule has 0 aromatic heterocycles. The van der Waals surface area contributed by atoms with Gasteiger partial charge in [-0.05, 0) is 41.1 Å². The smallest absolute Gasteiger partial charge is 0.246 e. The number of fused-ring (bicyclic) bond motifs is 1. The number of sulfonamides is 1. The molecule has 1 heterocycles. The molecular weight excluding hydrogens is 440 g/mol. The van der Waals surface area contributed by atoms with Crippen molar-refractivity contribution in [2.24, 2.45) is 0 Å². The van der Waals surface area contributed by atoms with Gasteiger partial charge < -0.3 is 14.4 Å². The number of hydrogen-bond acceptors (Lipinski definition) is 5. The number of methoxy groups -OCH3 is 2. The lowest BCUT2D eigenvalue weighted by Crippen LogP contribution is -2.50. The summed E-state index contributed by atoms with van der Waals surface area (Å²) in [5.41, 5.74) is 0.754. The third kappa shape index (κ3) is 4.86. The molecule has 7 nitrogen and oxygen atoms in total. The Morgan fingerprint density at radius 3 is 2.30 bits per heavy atom. The zero-order chi connectivity index (χ0) is 23.4. The van der Waals surface area contributed by atoms with Crippen molar-refractivity contribution in [2.45, 2.75) is 4.90 Å². The highest BCUT2D eigenvalue weighted by molar-refractivity contribution is 7.89. The molecule has 0 unspecified atom stereocenters. The fourth-order valence-corrected chi connectivity index (χ4v) is 5.31. The van der Waals surface area contributed by atoms with E-state index < -0.39 is 10.0 Å². The number of ether oxygens (including phenoxy) is 2. The van der Waals surface area contributed by atoms with Gasteiger partial charge in [0.05, 0.1) is 19.1 Å². The molecule has 0 saturated carbocycles. The molecule has 8 heteroatoms. The van der Waals surface area contributed by atoms with Crippen LogP contribution in [0.1, 0.15) is 5.56 Å². The molecule has 4 rings (SSSR count). The van der Waals surface area contributed by atoms with E-state index in [1.165, 1.54) is 10.4 Å². The zero-order valence-corrected chi connectivity index (χ0v) is 19.4. The Kier molecular flexibility index (Phi) is 6.67. The van der Waals surface area contributed by atoms with E-state index in [0.717, 1.165) is 16.3 Å². The normalized spacial score (nSPS) is 15.2. The van der Waals surface area contributed by atoms with Crippen LogP contribution in [-0.2, 0) is 14.8 Å². The van der Waals surface area contributed by atoms with Gasteiger partial charge in [0, 0.05) is 43.9 Å². The Morgan fingerprint density at radius 1 is 0.879 bits per heavy atom. The van der Waals surface area contributed by atoms with E-state index in [0.29, 0.717) is 24.6 Å². The van der Waals surface area contributed by atoms with Crippen LogP contribution in [-0.4, -0.2) is 63.9 Å². The van der Waals surface area contributed by atoms with Crippen molar-refractivity contribution >= 4 is 32.8 Å². The second kappa shape index (κ2) is 9.64. The third-order valence-electron chi connectivity index (χ3n) is 5.76. The first-order chi connectivity index (χ1) is 15.9. The van der Waals surface area contributed by atoms with Crippen molar-refractivity contribution in [1.29, 1.82) is 0 Å². The maximum atomic E-state index is 13.1. The maximum Gasteiger partial charge on any atom is 0.246 e. The molecule has 1 aliphatic rings. The molecule has 1 amide bonds. The van der Waals surface area contributed by atoms with E-state index in [1.807, 2.05) is 36.4 Å². The van der Waals surface area contributed by atoms with Gasteiger partial charge in [-0.15, -0.1) is 0 Å². The Bertz CT molecular complexity index is 1300. The van der Waals surface area contributed by atoms with Crippen LogP contribution < -0.4 is 9.47 Å². The Hall–Kier alpha value is -3.36. The van der Waals surface area contributed by atoms with Gasteiger partial charge in [0.1, 0.15) is 11.5 Å². The highest BCUT2D eigenvalue weighted by Gasteiger charge is 2.29. The van der Waals surface area contributed by atoms with Gasteiger partial charge in [-0.2, -0.15) is 4.31 Å². The van der Waals surface area contributed by atoms with E-state index in [2.05, 4.69) is 0 Å². The maximum absolute atomic E-state index is 13.1. The lowest BCUT2D eigenvalue weighted by Gasteiger charge is -2.33. The minimum Gasteiger partial charge on any atom is -0.497 e. The molecule has 0 spiro atoms. The van der Waals surface area contributed by atoms with Crippen molar-refractivity contribution in [1.82, 2.24) is 9.21 Å². The van der Waals surface area contributed by atoms with Crippen molar-refractivity contribution in [2.75, 3.05) is 40.4 Å². The fraction of sp³-hybridized carbons (Fsp3) is 0.240. The second-order valence-electron chi connectivity index (χ2n) is 7.68. The van der Waals surface area contributed by atoms with E-state index in [4.69, 9.17) is 9.47 Å². The average Bonchev–Trinajstić information content (AvgIpc) is 2.86. The first-order valence-electron chi connectivity index (χ1n) is 10.6. The molecule has 33 heavy (non-hydrogen) atoms. The molecule has 0 atom stereocenters. The summed E-state index contributed by atoms with van der Waals surface area (Å²) in [6, 6.07) is 18.2. The molecule has 0 bridgehead atoms. The van der Waals surface area contributed by atoms with Gasteiger partial charge >= 0.3 is 0 Å². The monoisotopic (exact) mass is 466 g/mol. The van der Waals surface area contributed by atoms with Crippen LogP contribution in [0.5, 0.6) is 11.5 Å². The third-order valence-corrected chi connectivity index (χ3v) is 7.65. The van der Waals surface area contributed by atoms with Gasteiger partial charge in [-0.25, -0.2) is 8.42 Å². The predicted octanol–water partition coefficient (Wildman–Crippen LogP) is 3.40. The topological polar surface area (TPSA) is 76.2 Å². The SMILES string of the molecule is COc1ccc(C=CC(=O)N2CCN(S(=O)(=O)c3ccc4ccccc4c3)CC2)c(OC)c1. The number of carbonyl (C=O) groups is 1. The molecule has 1 aliphatic heterocycles. The summed E-state index contributed by atoms with van der Waals surface area (Å²) < 4.78 is 38.2. The molecule has 1 fully saturated rings. The zero-order valence-electron chi connectivity index (χ0n) is 18.6. The molecule has 3 aromatic carbocycles. The lowest BCUT2D eigenvalue weighted by molar-refractivity contribution is -0.127. The summed E-state index contributed by atoms with van der Waals surface area (Å²) in [6.45, 7) is 1.16. The summed E-state index contributed by atoms with van der Waals surface area (Å²) in [6.07, 6.45) is 3.18. The van der Waals surface area contributed by atoms with E-state index in [9.17, 15) is 13.2 Å². The number of hydrogen-bond donors (Lipinski definition) is 0. The summed E-state index contributed by atoms with van der Waals surface area (Å²) in [5.74, 6) is 1.10. The number of piperazine rings is 1. The van der Waals surface area contributed by atoms with Gasteiger partial charge in [0.25, 0.3) is 0 Å². The Labute approximate surface area is 193 Å². The summed E-state index contributed by atoms with van der Waals surface area (Å²) in [5, 5.41) is 1.87. The van der Waals surface area contributed by atoms with Crippen LogP contribution in [0, 0.1) is 0 Å². The first-order valence-corrected chi connectivity index (χ1v) is 12.0. The fourth-order valence-electron chi connectivity index (χ4n) is 3.85. The van der Waals surface area contributed by atoms with Gasteiger partial charge in [0.15, 0.2) is 0 Å². The van der Waals surface area contributed by atoms with Gasteiger partial charge in [-0.1, -0.05) is 30.3 Å². The Balaban J connectivity index is 1.41. The number of amides is 1. The lowest BCUT2D eigenvalue weighted by atomic mass is 10.1. The summed E-state index contributed by atoms with van der Waals surface area (Å²) in [7, 11) is -0.489. The van der Waals surface area contributed by atoms with Crippen LogP contribution in [0.3, 0.4) is 0 Å². The summed E-state index contributed by atoms with van der Waals surface area (Å²) >= 11 is 0. The minimum absolute atomic E-state index is 0.171. The van der Waals surface area contributed by atoms with Gasteiger partial charge in [-0.3, -0.25) is 4.79 Å². The number of nitrogens with zero attached hydrogens (tertiary/aromatic N) is 2. The molecule has 0 N–H and O–H groups in total. The van der Waals surface area contributed by atoms with Crippen LogP contribution in [0.25, 0.3) is 16.8 Å². The quantitative estimate of drug-likeness (QED) is 0.521. The van der Waals surface area contributed by atoms with Crippen LogP contribution in [0.4, 0.5) is 0 Å². The van der Waals surface area contributed by atoms with Crippen molar-refractivity contribution in [3.63, 3.8) is 0 Å².